The summed E-state index contributed by atoms with van der Waals surface area (Å²) in [6, 6.07) is 11.5. The summed E-state index contributed by atoms with van der Waals surface area (Å²) < 4.78 is 30.9. The number of hydrogen-bond donors (Lipinski definition) is 2. The van der Waals surface area contributed by atoms with E-state index in [1.165, 1.54) is 12.3 Å². The lowest BCUT2D eigenvalue weighted by Crippen LogP contribution is -2.22. The van der Waals surface area contributed by atoms with Gasteiger partial charge in [0.15, 0.2) is 17.2 Å². The summed E-state index contributed by atoms with van der Waals surface area (Å²) in [5.74, 6) is -0.0625. The Bertz CT molecular complexity index is 1370. The molecule has 0 aliphatic carbocycles. The van der Waals surface area contributed by atoms with Crippen LogP contribution in [-0.2, 0) is 6.61 Å². The van der Waals surface area contributed by atoms with E-state index in [2.05, 4.69) is 35.8 Å². The molecule has 0 fully saturated rings. The van der Waals surface area contributed by atoms with E-state index in [1.807, 2.05) is 6.92 Å². The molecular weight excluding hydrogens is 459 g/mol. The largest absolute Gasteiger partial charge is 0.490 e. The number of aryl methyl sites for hydroxylation is 1. The normalized spacial score (nSPS) is 11.1. The van der Waals surface area contributed by atoms with Crippen LogP contribution in [0.3, 0.4) is 0 Å². The van der Waals surface area contributed by atoms with Gasteiger partial charge in [-0.15, -0.1) is 5.10 Å². The Balaban J connectivity index is 1.46. The van der Waals surface area contributed by atoms with Crippen molar-refractivity contribution >= 4 is 17.9 Å². The lowest BCUT2D eigenvalue weighted by molar-refractivity contribution is 0.0946. The highest BCUT2D eigenvalue weighted by Crippen LogP contribution is 2.29. The molecule has 1 amide bonds. The molecule has 0 radical (unpaired) electrons. The second-order valence-electron chi connectivity index (χ2n) is 7.13. The minimum atomic E-state index is -0.596. The Hall–Kier alpha value is -4.81. The first-order chi connectivity index (χ1) is 17.0. The first-order valence-electron chi connectivity index (χ1n) is 10.4. The van der Waals surface area contributed by atoms with Gasteiger partial charge in [-0.1, -0.05) is 23.4 Å². The van der Waals surface area contributed by atoms with Crippen LogP contribution in [0.25, 0.3) is 5.82 Å². The van der Waals surface area contributed by atoms with Gasteiger partial charge in [0.1, 0.15) is 12.4 Å². The van der Waals surface area contributed by atoms with Crippen LogP contribution in [0.1, 0.15) is 34.2 Å². The number of benzene rings is 2. The van der Waals surface area contributed by atoms with Crippen molar-refractivity contribution in [1.82, 2.24) is 30.7 Å². The van der Waals surface area contributed by atoms with Crippen LogP contribution in [0.2, 0.25) is 0 Å². The molecule has 12 nitrogen and oxygen atoms in total. The first kappa shape index (κ1) is 23.4. The average molecular weight is 480 g/mol. The van der Waals surface area contributed by atoms with Gasteiger partial charge in [-0.2, -0.15) is 9.78 Å². The molecule has 0 aliphatic heterocycles. The van der Waals surface area contributed by atoms with Crippen molar-refractivity contribution in [2.24, 2.45) is 5.10 Å². The van der Waals surface area contributed by atoms with Crippen LogP contribution >= 0.6 is 0 Å². The van der Waals surface area contributed by atoms with E-state index >= 15 is 0 Å². The van der Waals surface area contributed by atoms with E-state index in [4.69, 9.17) is 15.2 Å². The number of ether oxygens (including phenoxy) is 2. The van der Waals surface area contributed by atoms with Crippen molar-refractivity contribution in [2.75, 3.05) is 12.3 Å². The third kappa shape index (κ3) is 5.24. The van der Waals surface area contributed by atoms with Gasteiger partial charge >= 0.3 is 0 Å². The molecule has 0 saturated heterocycles. The van der Waals surface area contributed by atoms with E-state index in [-0.39, 0.29) is 29.8 Å². The number of halogens is 1. The third-order valence-electron chi connectivity index (χ3n) is 4.74. The number of carbonyl (C=O) groups excluding carboxylic acids is 1. The lowest BCUT2D eigenvalue weighted by Gasteiger charge is -2.13. The number of aromatic nitrogens is 5. The predicted octanol–water partition coefficient (Wildman–Crippen LogP) is 2.42. The summed E-state index contributed by atoms with van der Waals surface area (Å²) in [6.07, 6.45) is 1.43. The maximum atomic E-state index is 13.9. The number of nitrogens with two attached hydrogens (primary N) is 1. The molecule has 2 aromatic carbocycles. The summed E-state index contributed by atoms with van der Waals surface area (Å²) in [4.78, 5) is 12.7. The molecule has 0 aliphatic rings. The number of amides is 1. The molecule has 4 aromatic rings. The fourth-order valence-corrected chi connectivity index (χ4v) is 3.09. The van der Waals surface area contributed by atoms with Crippen LogP contribution in [0, 0.1) is 12.7 Å². The zero-order valence-electron chi connectivity index (χ0n) is 18.8. The average Bonchev–Trinajstić information content (AvgIpc) is 3.44. The summed E-state index contributed by atoms with van der Waals surface area (Å²) >= 11 is 0. The van der Waals surface area contributed by atoms with E-state index in [9.17, 15) is 9.18 Å². The van der Waals surface area contributed by atoms with Gasteiger partial charge < -0.3 is 15.2 Å². The lowest BCUT2D eigenvalue weighted by atomic mass is 10.2. The summed E-state index contributed by atoms with van der Waals surface area (Å²) in [5, 5.41) is 18.8. The Morgan fingerprint density at radius 2 is 2.06 bits per heavy atom. The zero-order valence-corrected chi connectivity index (χ0v) is 18.8. The van der Waals surface area contributed by atoms with Crippen LogP contribution in [0.5, 0.6) is 11.5 Å². The highest BCUT2D eigenvalue weighted by atomic mass is 19.1. The fourth-order valence-electron chi connectivity index (χ4n) is 3.09. The smallest absolute Gasteiger partial charge is 0.292 e. The third-order valence-corrected chi connectivity index (χ3v) is 4.74. The minimum Gasteiger partial charge on any atom is -0.490 e. The second-order valence-corrected chi connectivity index (χ2v) is 7.13. The zero-order chi connectivity index (χ0) is 24.8. The SMILES string of the molecule is CCOc1cc(/C=N\NC(=O)c2c(C)nnn2-c2nonc2N)ccc1OCc1ccccc1F. The molecule has 0 atom stereocenters. The van der Waals surface area contributed by atoms with Crippen molar-refractivity contribution in [3.63, 3.8) is 0 Å². The highest BCUT2D eigenvalue weighted by Gasteiger charge is 2.22. The maximum Gasteiger partial charge on any atom is 0.292 e. The fraction of sp³-hybridized carbons (Fsp3) is 0.182. The molecule has 13 heteroatoms. The molecule has 0 bridgehead atoms. The number of carbonyl (C=O) groups is 1. The summed E-state index contributed by atoms with van der Waals surface area (Å²) in [5.41, 5.74) is 9.54. The summed E-state index contributed by atoms with van der Waals surface area (Å²) in [7, 11) is 0. The molecule has 35 heavy (non-hydrogen) atoms. The number of nitrogens with one attached hydrogen (secondary N) is 1. The second kappa shape index (κ2) is 10.4. The molecule has 4 rings (SSSR count). The maximum absolute atomic E-state index is 13.9. The number of rotatable bonds is 9. The van der Waals surface area contributed by atoms with E-state index < -0.39 is 5.91 Å². The Morgan fingerprint density at radius 3 is 2.80 bits per heavy atom. The van der Waals surface area contributed by atoms with E-state index in [0.717, 1.165) is 4.68 Å². The molecule has 180 valence electrons. The van der Waals surface area contributed by atoms with E-state index in [0.29, 0.717) is 34.9 Å². The molecule has 0 unspecified atom stereocenters. The molecule has 0 spiro atoms. The molecule has 2 heterocycles. The standard InChI is InChI=1S/C22H21FN8O4/c1-3-33-18-10-14(8-9-17(18)34-12-15-6-4-5-7-16(15)23)11-25-27-22(32)19-13(2)26-30-31(19)21-20(24)28-35-29-21/h4-11H,3,12H2,1-2H3,(H2,24,28)(H,27,32)/b25-11-. The molecule has 0 saturated carbocycles. The molecular formula is C22H21FN8O4. The number of nitrogen functional groups attached to an aromatic ring is 1. The van der Waals surface area contributed by atoms with Crippen molar-refractivity contribution in [3.05, 3.63) is 70.8 Å². The minimum absolute atomic E-state index is 0.0343. The van der Waals surface area contributed by atoms with Crippen molar-refractivity contribution in [1.29, 1.82) is 0 Å². The van der Waals surface area contributed by atoms with Crippen LogP contribution in [0.15, 0.2) is 52.2 Å². The van der Waals surface area contributed by atoms with E-state index in [1.54, 1.807) is 43.3 Å². The van der Waals surface area contributed by atoms with Crippen molar-refractivity contribution in [3.8, 4) is 17.3 Å². The monoisotopic (exact) mass is 480 g/mol. The highest BCUT2D eigenvalue weighted by molar-refractivity contribution is 5.94. The Morgan fingerprint density at radius 1 is 1.23 bits per heavy atom. The molecule has 2 aromatic heterocycles. The number of nitrogens with zero attached hydrogens (tertiary/aromatic N) is 6. The predicted molar refractivity (Wildman–Crippen MR) is 122 cm³/mol. The van der Waals surface area contributed by atoms with Gasteiger partial charge in [-0.25, -0.2) is 14.4 Å². The van der Waals surface area contributed by atoms with Crippen LogP contribution < -0.4 is 20.6 Å². The number of anilines is 1. The van der Waals surface area contributed by atoms with Crippen molar-refractivity contribution < 1.29 is 23.3 Å². The van der Waals surface area contributed by atoms with Gasteiger partial charge in [0.25, 0.3) is 5.91 Å². The number of hydrazone groups is 1. The van der Waals surface area contributed by atoms with Crippen molar-refractivity contribution in [2.45, 2.75) is 20.5 Å². The number of hydrogen-bond acceptors (Lipinski definition) is 10. The summed E-state index contributed by atoms with van der Waals surface area (Å²) in [6.45, 7) is 3.87. The van der Waals surface area contributed by atoms with Gasteiger partial charge in [-0.3, -0.25) is 4.79 Å². The van der Waals surface area contributed by atoms with Gasteiger partial charge in [-0.05, 0) is 54.0 Å². The van der Waals surface area contributed by atoms with Crippen LogP contribution in [0.4, 0.5) is 10.2 Å². The van der Waals surface area contributed by atoms with Gasteiger partial charge in [0.05, 0.1) is 18.5 Å². The topological polar surface area (TPSA) is 156 Å². The van der Waals surface area contributed by atoms with Crippen LogP contribution in [-0.4, -0.2) is 44.0 Å². The molecule has 3 N–H and O–H groups in total. The quantitative estimate of drug-likeness (QED) is 0.271. The van der Waals surface area contributed by atoms with Gasteiger partial charge in [0, 0.05) is 5.56 Å². The Kier molecular flexibility index (Phi) is 6.95. The Labute approximate surface area is 198 Å². The first-order valence-corrected chi connectivity index (χ1v) is 10.4. The van der Waals surface area contributed by atoms with Gasteiger partial charge in [0.2, 0.25) is 11.6 Å².